The maximum Gasteiger partial charge on any atom is 0.225 e. The van der Waals surface area contributed by atoms with E-state index in [1.165, 1.54) is 11.3 Å². The molecule has 0 atom stereocenters. The second-order valence-electron chi connectivity index (χ2n) is 5.14. The molecule has 3 aromatic heterocycles. The standard InChI is InChI=1S/C15H16ClN5OS/c1-20-8-7-17-13(20)5-6-15(22)18-14-9-10(19-21(14)2)11-3-4-12(16)23-11/h3-4,7-9H,5-6H2,1-2H3,(H,18,22). The van der Waals surface area contributed by atoms with Crippen LogP contribution in [0, 0.1) is 0 Å². The Hall–Kier alpha value is -2.12. The minimum absolute atomic E-state index is 0.0632. The lowest BCUT2D eigenvalue weighted by molar-refractivity contribution is -0.116. The van der Waals surface area contributed by atoms with E-state index in [1.807, 2.05) is 36.0 Å². The van der Waals surface area contributed by atoms with Crippen molar-refractivity contribution in [2.75, 3.05) is 5.32 Å². The summed E-state index contributed by atoms with van der Waals surface area (Å²) in [5.41, 5.74) is 0.795. The first-order valence-electron chi connectivity index (χ1n) is 7.09. The SMILES string of the molecule is Cn1ccnc1CCC(=O)Nc1cc(-c2ccc(Cl)s2)nn1C. The maximum atomic E-state index is 12.1. The third-order valence-corrected chi connectivity index (χ3v) is 4.72. The Morgan fingerprint density at radius 3 is 2.87 bits per heavy atom. The molecule has 0 aliphatic heterocycles. The van der Waals surface area contributed by atoms with Gasteiger partial charge in [-0.2, -0.15) is 5.10 Å². The minimum atomic E-state index is -0.0632. The van der Waals surface area contributed by atoms with Crippen molar-refractivity contribution < 1.29 is 4.79 Å². The number of hydrogen-bond acceptors (Lipinski definition) is 4. The molecule has 0 aromatic carbocycles. The van der Waals surface area contributed by atoms with Crippen molar-refractivity contribution in [3.63, 3.8) is 0 Å². The Bertz CT molecular complexity index is 835. The van der Waals surface area contributed by atoms with E-state index in [0.717, 1.165) is 16.4 Å². The van der Waals surface area contributed by atoms with Crippen molar-refractivity contribution in [3.8, 4) is 10.6 Å². The first-order chi connectivity index (χ1) is 11.0. The number of carbonyl (C=O) groups is 1. The summed E-state index contributed by atoms with van der Waals surface area (Å²) in [6.07, 6.45) is 4.57. The monoisotopic (exact) mass is 349 g/mol. The fourth-order valence-electron chi connectivity index (χ4n) is 2.22. The largest absolute Gasteiger partial charge is 0.338 e. The topological polar surface area (TPSA) is 64.7 Å². The zero-order valence-electron chi connectivity index (χ0n) is 12.8. The fourth-order valence-corrected chi connectivity index (χ4v) is 3.22. The van der Waals surface area contributed by atoms with Crippen molar-refractivity contribution in [3.05, 3.63) is 40.8 Å². The number of halogens is 1. The van der Waals surface area contributed by atoms with E-state index in [1.54, 1.807) is 17.9 Å². The third-order valence-electron chi connectivity index (χ3n) is 3.47. The van der Waals surface area contributed by atoms with Crippen LogP contribution in [-0.2, 0) is 25.3 Å². The normalized spacial score (nSPS) is 10.9. The number of aromatic nitrogens is 4. The van der Waals surface area contributed by atoms with Crippen LogP contribution >= 0.6 is 22.9 Å². The lowest BCUT2D eigenvalue weighted by Crippen LogP contribution is -2.15. The quantitative estimate of drug-likeness (QED) is 0.769. The molecule has 0 spiro atoms. The minimum Gasteiger partial charge on any atom is -0.338 e. The van der Waals surface area contributed by atoms with E-state index >= 15 is 0 Å². The molecule has 1 N–H and O–H groups in total. The van der Waals surface area contributed by atoms with Gasteiger partial charge in [0, 0.05) is 45.4 Å². The Morgan fingerprint density at radius 2 is 2.22 bits per heavy atom. The van der Waals surface area contributed by atoms with E-state index in [0.29, 0.717) is 23.0 Å². The van der Waals surface area contributed by atoms with Gasteiger partial charge in [-0.15, -0.1) is 11.3 Å². The van der Waals surface area contributed by atoms with Crippen molar-refractivity contribution >= 4 is 34.7 Å². The molecule has 1 amide bonds. The molecule has 0 saturated heterocycles. The van der Waals surface area contributed by atoms with Crippen LogP contribution in [0.1, 0.15) is 12.2 Å². The third kappa shape index (κ3) is 3.62. The highest BCUT2D eigenvalue weighted by molar-refractivity contribution is 7.19. The average Bonchev–Trinajstić information content (AvgIpc) is 3.19. The van der Waals surface area contributed by atoms with Gasteiger partial charge in [-0.25, -0.2) is 4.98 Å². The van der Waals surface area contributed by atoms with Gasteiger partial charge < -0.3 is 9.88 Å². The van der Waals surface area contributed by atoms with Gasteiger partial charge in [0.2, 0.25) is 5.91 Å². The first kappa shape index (κ1) is 15.8. The molecule has 120 valence electrons. The number of carbonyl (C=O) groups excluding carboxylic acids is 1. The van der Waals surface area contributed by atoms with E-state index in [-0.39, 0.29) is 5.91 Å². The number of rotatable bonds is 5. The maximum absolute atomic E-state index is 12.1. The molecule has 0 saturated carbocycles. The number of thiophene rings is 1. The van der Waals surface area contributed by atoms with Crippen LogP contribution in [-0.4, -0.2) is 25.2 Å². The molecule has 3 aromatic rings. The lowest BCUT2D eigenvalue weighted by atomic mass is 10.3. The summed E-state index contributed by atoms with van der Waals surface area (Å²) in [6, 6.07) is 5.60. The van der Waals surface area contributed by atoms with E-state index in [4.69, 9.17) is 11.6 Å². The summed E-state index contributed by atoms with van der Waals surface area (Å²) in [5, 5.41) is 7.29. The molecule has 0 bridgehead atoms. The number of nitrogens with one attached hydrogen (secondary N) is 1. The molecular weight excluding hydrogens is 334 g/mol. The summed E-state index contributed by atoms with van der Waals surface area (Å²) >= 11 is 7.41. The van der Waals surface area contributed by atoms with E-state index in [2.05, 4.69) is 15.4 Å². The molecule has 8 heteroatoms. The van der Waals surface area contributed by atoms with Gasteiger partial charge in [-0.1, -0.05) is 11.6 Å². The number of hydrogen-bond donors (Lipinski definition) is 1. The van der Waals surface area contributed by atoms with Crippen LogP contribution in [0.5, 0.6) is 0 Å². The molecule has 0 unspecified atom stereocenters. The summed E-state index contributed by atoms with van der Waals surface area (Å²) in [5.74, 6) is 1.49. The fraction of sp³-hybridized carbons (Fsp3) is 0.267. The number of anilines is 1. The van der Waals surface area contributed by atoms with Gasteiger partial charge in [0.15, 0.2) is 0 Å². The molecule has 0 aliphatic carbocycles. The molecule has 0 fully saturated rings. The van der Waals surface area contributed by atoms with E-state index < -0.39 is 0 Å². The summed E-state index contributed by atoms with van der Waals surface area (Å²) < 4.78 is 4.28. The molecule has 3 rings (SSSR count). The van der Waals surface area contributed by atoms with Crippen LogP contribution in [0.4, 0.5) is 5.82 Å². The summed E-state index contributed by atoms with van der Waals surface area (Å²) in [4.78, 5) is 17.3. The Morgan fingerprint density at radius 1 is 1.39 bits per heavy atom. The number of nitrogens with zero attached hydrogens (tertiary/aromatic N) is 4. The summed E-state index contributed by atoms with van der Waals surface area (Å²) in [7, 11) is 3.72. The Balaban J connectivity index is 1.64. The van der Waals surface area contributed by atoms with Gasteiger partial charge in [-0.3, -0.25) is 9.48 Å². The highest BCUT2D eigenvalue weighted by Gasteiger charge is 2.12. The van der Waals surface area contributed by atoms with Gasteiger partial charge in [0.25, 0.3) is 0 Å². The highest BCUT2D eigenvalue weighted by Crippen LogP contribution is 2.31. The molecule has 23 heavy (non-hydrogen) atoms. The predicted octanol–water partition coefficient (Wildman–Crippen LogP) is 3.11. The van der Waals surface area contributed by atoms with Crippen molar-refractivity contribution in [1.29, 1.82) is 0 Å². The van der Waals surface area contributed by atoms with E-state index in [9.17, 15) is 4.79 Å². The first-order valence-corrected chi connectivity index (χ1v) is 8.28. The van der Waals surface area contributed by atoms with Crippen molar-refractivity contribution in [2.24, 2.45) is 14.1 Å². The van der Waals surface area contributed by atoms with Gasteiger partial charge in [0.1, 0.15) is 17.3 Å². The average molecular weight is 350 g/mol. The van der Waals surface area contributed by atoms with Crippen LogP contribution in [0.25, 0.3) is 10.6 Å². The number of aryl methyl sites for hydroxylation is 3. The number of amides is 1. The zero-order chi connectivity index (χ0) is 16.4. The molecule has 0 aliphatic rings. The van der Waals surface area contributed by atoms with Gasteiger partial charge in [0.05, 0.1) is 9.21 Å². The highest BCUT2D eigenvalue weighted by atomic mass is 35.5. The van der Waals surface area contributed by atoms with Crippen LogP contribution in [0.15, 0.2) is 30.6 Å². The van der Waals surface area contributed by atoms with Crippen molar-refractivity contribution in [2.45, 2.75) is 12.8 Å². The smallest absolute Gasteiger partial charge is 0.225 e. The second-order valence-corrected chi connectivity index (χ2v) is 6.86. The Kier molecular flexibility index (Phi) is 4.49. The van der Waals surface area contributed by atoms with Crippen LogP contribution in [0.3, 0.4) is 0 Å². The van der Waals surface area contributed by atoms with Gasteiger partial charge in [-0.05, 0) is 12.1 Å². The van der Waals surface area contributed by atoms with Gasteiger partial charge >= 0.3 is 0 Å². The molecule has 0 radical (unpaired) electrons. The van der Waals surface area contributed by atoms with Crippen LogP contribution in [0.2, 0.25) is 4.34 Å². The molecule has 3 heterocycles. The zero-order valence-corrected chi connectivity index (χ0v) is 14.4. The predicted molar refractivity (Wildman–Crippen MR) is 91.7 cm³/mol. The Labute approximate surface area is 142 Å². The lowest BCUT2D eigenvalue weighted by Gasteiger charge is -2.05. The summed E-state index contributed by atoms with van der Waals surface area (Å²) in [6.45, 7) is 0. The molecule has 6 nitrogen and oxygen atoms in total. The molecular formula is C15H16ClN5OS. The van der Waals surface area contributed by atoms with Crippen molar-refractivity contribution in [1.82, 2.24) is 19.3 Å². The van der Waals surface area contributed by atoms with Crippen LogP contribution < -0.4 is 5.32 Å². The number of imidazole rings is 1. The second kappa shape index (κ2) is 6.55.